The summed E-state index contributed by atoms with van der Waals surface area (Å²) in [7, 11) is 1.58. The van der Waals surface area contributed by atoms with Crippen molar-refractivity contribution in [1.82, 2.24) is 10.6 Å². The predicted octanol–water partition coefficient (Wildman–Crippen LogP) is 3.18. The summed E-state index contributed by atoms with van der Waals surface area (Å²) in [6, 6.07) is 11.7. The number of halogens is 1. The Bertz CT molecular complexity index is 918. The van der Waals surface area contributed by atoms with E-state index in [9.17, 15) is 9.59 Å². The first-order chi connectivity index (χ1) is 12.9. The fraction of sp³-hybridized carbons (Fsp3) is 0.263. The molecule has 0 radical (unpaired) electrons. The van der Waals surface area contributed by atoms with Crippen molar-refractivity contribution in [2.45, 2.75) is 18.7 Å². The molecule has 4 rings (SSSR count). The number of rotatable bonds is 3. The Morgan fingerprint density at radius 1 is 1.26 bits per heavy atom. The number of fused-ring (bicyclic) bond motifs is 4. The number of carbonyl (C=O) groups is 2. The van der Waals surface area contributed by atoms with Crippen LogP contribution in [0, 0.1) is 5.92 Å². The number of benzene rings is 2. The Morgan fingerprint density at radius 2 is 2.00 bits per heavy atom. The number of anilines is 1. The van der Waals surface area contributed by atoms with Crippen LogP contribution in [0.1, 0.15) is 18.5 Å². The lowest BCUT2D eigenvalue weighted by Gasteiger charge is -2.49. The highest BCUT2D eigenvalue weighted by atomic mass is 79.9. The molecule has 3 atom stereocenters. The standard InChI is InChI=1S/C19H18BrN3O4/c1-19-15(17(24)21-11-4-6-12(26-2)7-5-11)16(22-18(25)23-19)13-9-10(20)3-8-14(13)27-19/h3-9,15-16H,1-2H3,(H,21,24)(H2,22,23,25)/t15-,16+,19+/m1/s1. The third-order valence-corrected chi connectivity index (χ3v) is 5.34. The quantitative estimate of drug-likeness (QED) is 0.696. The Kier molecular flexibility index (Phi) is 4.22. The molecule has 2 aromatic rings. The Balaban J connectivity index is 1.68. The molecule has 1 saturated heterocycles. The third-order valence-electron chi connectivity index (χ3n) is 4.84. The molecule has 3 N–H and O–H groups in total. The molecule has 0 saturated carbocycles. The fourth-order valence-corrected chi connectivity index (χ4v) is 3.99. The molecule has 2 aliphatic rings. The zero-order valence-electron chi connectivity index (χ0n) is 14.7. The topological polar surface area (TPSA) is 88.7 Å². The van der Waals surface area contributed by atoms with E-state index in [1.807, 2.05) is 18.2 Å². The smallest absolute Gasteiger partial charge is 0.318 e. The molecule has 0 unspecified atom stereocenters. The van der Waals surface area contributed by atoms with Crippen LogP contribution in [0.2, 0.25) is 0 Å². The van der Waals surface area contributed by atoms with Gasteiger partial charge in [-0.15, -0.1) is 0 Å². The van der Waals surface area contributed by atoms with Gasteiger partial charge in [-0.3, -0.25) is 10.1 Å². The van der Waals surface area contributed by atoms with Crippen molar-refractivity contribution in [2.24, 2.45) is 5.92 Å². The maximum absolute atomic E-state index is 13.1. The van der Waals surface area contributed by atoms with Gasteiger partial charge in [0.25, 0.3) is 0 Å². The Morgan fingerprint density at radius 3 is 2.70 bits per heavy atom. The average Bonchev–Trinajstić information content (AvgIpc) is 2.62. The normalized spacial score (nSPS) is 25.4. The molecular weight excluding hydrogens is 414 g/mol. The van der Waals surface area contributed by atoms with Crippen molar-refractivity contribution in [3.63, 3.8) is 0 Å². The van der Waals surface area contributed by atoms with Gasteiger partial charge >= 0.3 is 6.03 Å². The summed E-state index contributed by atoms with van der Waals surface area (Å²) in [5.74, 6) is 0.405. The van der Waals surface area contributed by atoms with Gasteiger partial charge in [0.05, 0.1) is 13.2 Å². The minimum absolute atomic E-state index is 0.259. The van der Waals surface area contributed by atoms with Crippen molar-refractivity contribution in [1.29, 1.82) is 0 Å². The Hall–Kier alpha value is -2.74. The highest BCUT2D eigenvalue weighted by Crippen LogP contribution is 2.45. The maximum atomic E-state index is 13.1. The van der Waals surface area contributed by atoms with Crippen LogP contribution in [0.15, 0.2) is 46.9 Å². The fourth-order valence-electron chi connectivity index (χ4n) is 3.61. The van der Waals surface area contributed by atoms with Gasteiger partial charge in [-0.05, 0) is 49.4 Å². The molecule has 3 amide bonds. The molecular formula is C19H18BrN3O4. The zero-order valence-corrected chi connectivity index (χ0v) is 16.3. The second-order valence-corrected chi connectivity index (χ2v) is 7.58. The predicted molar refractivity (Wildman–Crippen MR) is 103 cm³/mol. The summed E-state index contributed by atoms with van der Waals surface area (Å²) in [5.41, 5.74) is 0.227. The van der Waals surface area contributed by atoms with E-state index >= 15 is 0 Å². The van der Waals surface area contributed by atoms with E-state index in [0.717, 1.165) is 10.0 Å². The van der Waals surface area contributed by atoms with Crippen molar-refractivity contribution in [3.05, 3.63) is 52.5 Å². The van der Waals surface area contributed by atoms with Crippen LogP contribution in [0.3, 0.4) is 0 Å². The van der Waals surface area contributed by atoms with Gasteiger partial charge in [0.2, 0.25) is 5.91 Å². The van der Waals surface area contributed by atoms with Crippen molar-refractivity contribution < 1.29 is 19.1 Å². The van der Waals surface area contributed by atoms with E-state index < -0.39 is 17.7 Å². The number of hydrogen-bond acceptors (Lipinski definition) is 4. The molecule has 27 heavy (non-hydrogen) atoms. The van der Waals surface area contributed by atoms with E-state index in [1.54, 1.807) is 38.3 Å². The number of amides is 3. The van der Waals surface area contributed by atoms with Crippen molar-refractivity contribution in [3.8, 4) is 11.5 Å². The zero-order chi connectivity index (χ0) is 19.2. The lowest BCUT2D eigenvalue weighted by atomic mass is 9.80. The van der Waals surface area contributed by atoms with Crippen LogP contribution < -0.4 is 25.4 Å². The number of methoxy groups -OCH3 is 1. The second-order valence-electron chi connectivity index (χ2n) is 6.66. The molecule has 0 aliphatic carbocycles. The van der Waals surface area contributed by atoms with E-state index in [4.69, 9.17) is 9.47 Å². The molecule has 2 heterocycles. The van der Waals surface area contributed by atoms with Crippen LogP contribution in [-0.2, 0) is 4.79 Å². The summed E-state index contributed by atoms with van der Waals surface area (Å²) in [4.78, 5) is 25.2. The summed E-state index contributed by atoms with van der Waals surface area (Å²) in [5, 5.41) is 8.51. The number of nitrogens with one attached hydrogen (secondary N) is 3. The van der Waals surface area contributed by atoms with Gasteiger partial charge in [-0.25, -0.2) is 4.79 Å². The van der Waals surface area contributed by atoms with Crippen molar-refractivity contribution in [2.75, 3.05) is 12.4 Å². The van der Waals surface area contributed by atoms with Crippen LogP contribution in [0.4, 0.5) is 10.5 Å². The Labute approximate surface area is 164 Å². The summed E-state index contributed by atoms with van der Waals surface area (Å²) in [6.45, 7) is 1.71. The highest BCUT2D eigenvalue weighted by Gasteiger charge is 2.55. The van der Waals surface area contributed by atoms with Crippen LogP contribution >= 0.6 is 15.9 Å². The number of urea groups is 1. The van der Waals surface area contributed by atoms with Crippen LogP contribution in [0.5, 0.6) is 11.5 Å². The van der Waals surface area contributed by atoms with Gasteiger partial charge in [0, 0.05) is 15.7 Å². The molecule has 0 spiro atoms. The lowest BCUT2D eigenvalue weighted by Crippen LogP contribution is -2.70. The summed E-state index contributed by atoms with van der Waals surface area (Å²) < 4.78 is 12.0. The first kappa shape index (κ1) is 17.7. The van der Waals surface area contributed by atoms with E-state index in [2.05, 4.69) is 31.9 Å². The molecule has 8 heteroatoms. The van der Waals surface area contributed by atoms with Crippen LogP contribution in [-0.4, -0.2) is 24.8 Å². The first-order valence-corrected chi connectivity index (χ1v) is 9.21. The number of ether oxygens (including phenoxy) is 2. The van der Waals surface area contributed by atoms with Crippen LogP contribution in [0.25, 0.3) is 0 Å². The highest BCUT2D eigenvalue weighted by molar-refractivity contribution is 9.10. The number of hydrogen-bond donors (Lipinski definition) is 3. The molecule has 2 aliphatic heterocycles. The average molecular weight is 432 g/mol. The second kappa shape index (κ2) is 6.45. The van der Waals surface area contributed by atoms with Gasteiger partial charge < -0.3 is 20.1 Å². The van der Waals surface area contributed by atoms with E-state index in [1.165, 1.54) is 0 Å². The summed E-state index contributed by atoms with van der Waals surface area (Å²) in [6.07, 6.45) is 0. The largest absolute Gasteiger partial charge is 0.497 e. The third kappa shape index (κ3) is 3.10. The minimum Gasteiger partial charge on any atom is -0.497 e. The van der Waals surface area contributed by atoms with E-state index in [0.29, 0.717) is 17.2 Å². The molecule has 2 aromatic carbocycles. The first-order valence-electron chi connectivity index (χ1n) is 8.42. The minimum atomic E-state index is -1.16. The SMILES string of the molecule is COc1ccc(NC(=O)[C@H]2[C@H]3NC(=O)N[C@@]2(C)Oc2ccc(Br)cc23)cc1. The molecule has 1 fully saturated rings. The van der Waals surface area contributed by atoms with Gasteiger partial charge in [-0.2, -0.15) is 0 Å². The monoisotopic (exact) mass is 431 g/mol. The lowest BCUT2D eigenvalue weighted by molar-refractivity contribution is -0.133. The van der Waals surface area contributed by atoms with Gasteiger partial charge in [0.1, 0.15) is 17.4 Å². The maximum Gasteiger partial charge on any atom is 0.318 e. The van der Waals surface area contributed by atoms with Gasteiger partial charge in [-0.1, -0.05) is 15.9 Å². The summed E-state index contributed by atoms with van der Waals surface area (Å²) >= 11 is 3.44. The van der Waals surface area contributed by atoms with Crippen molar-refractivity contribution >= 4 is 33.6 Å². The van der Waals surface area contributed by atoms with Gasteiger partial charge in [0.15, 0.2) is 5.72 Å². The molecule has 2 bridgehead atoms. The molecule has 7 nitrogen and oxygen atoms in total. The molecule has 140 valence electrons. The van der Waals surface area contributed by atoms with E-state index in [-0.39, 0.29) is 11.9 Å². The number of carbonyl (C=O) groups excluding carboxylic acids is 2. The molecule has 0 aromatic heterocycles.